The van der Waals surface area contributed by atoms with Crippen LogP contribution in [0, 0.1) is 10.1 Å². The largest absolute Gasteiger partial charge is 0.452 e. The fourth-order valence-electron chi connectivity index (χ4n) is 3.11. The van der Waals surface area contributed by atoms with Crippen LogP contribution in [0.2, 0.25) is 5.02 Å². The average molecular weight is 486 g/mol. The summed E-state index contributed by atoms with van der Waals surface area (Å²) < 4.78 is 6.90. The number of hydrogen-bond donors (Lipinski definition) is 1. The molecule has 0 saturated carbocycles. The number of nitro benzene ring substituents is 1. The highest BCUT2D eigenvalue weighted by Gasteiger charge is 2.20. The molecule has 168 valence electrons. The van der Waals surface area contributed by atoms with Gasteiger partial charge < -0.3 is 10.1 Å². The molecule has 0 radical (unpaired) electrons. The second-order valence-electron chi connectivity index (χ2n) is 6.78. The summed E-state index contributed by atoms with van der Waals surface area (Å²) >= 11 is 7.46. The molecular formula is C21H16ClN5O5S. The third-order valence-electron chi connectivity index (χ3n) is 4.67. The highest BCUT2D eigenvalue weighted by molar-refractivity contribution is 7.13. The van der Waals surface area contributed by atoms with Crippen molar-refractivity contribution in [2.75, 3.05) is 11.9 Å². The maximum Gasteiger partial charge on any atom is 0.339 e. The number of amides is 1. The van der Waals surface area contributed by atoms with Crippen molar-refractivity contribution in [2.45, 2.75) is 13.5 Å². The fourth-order valence-corrected chi connectivity index (χ4v) is 4.02. The number of nitrogens with one attached hydrogen (secondary N) is 1. The first-order valence-corrected chi connectivity index (χ1v) is 10.9. The standard InChI is InChI=1S/C21H16ClN5O5S/c1-2-26-20-14(10-23-26)13(9-17(25-20)18-4-3-7-33-18)21(29)32-11-19(28)24-16-6-5-12(27(30)31)8-15(16)22/h3-10H,2,11H2,1H3,(H,24,28). The lowest BCUT2D eigenvalue weighted by molar-refractivity contribution is -0.384. The number of anilines is 1. The predicted octanol–water partition coefficient (Wildman–Crippen LogP) is 4.54. The van der Waals surface area contributed by atoms with Crippen LogP contribution >= 0.6 is 22.9 Å². The van der Waals surface area contributed by atoms with Crippen molar-refractivity contribution >= 4 is 57.2 Å². The van der Waals surface area contributed by atoms with Crippen molar-refractivity contribution in [3.63, 3.8) is 0 Å². The predicted molar refractivity (Wildman–Crippen MR) is 124 cm³/mol. The lowest BCUT2D eigenvalue weighted by Crippen LogP contribution is -2.21. The number of halogens is 1. The molecule has 1 aromatic carbocycles. The summed E-state index contributed by atoms with van der Waals surface area (Å²) in [7, 11) is 0. The minimum absolute atomic E-state index is 0.00714. The Morgan fingerprint density at radius 3 is 2.79 bits per heavy atom. The van der Waals surface area contributed by atoms with Gasteiger partial charge in [0.1, 0.15) is 0 Å². The van der Waals surface area contributed by atoms with E-state index in [1.807, 2.05) is 24.4 Å². The zero-order valence-corrected chi connectivity index (χ0v) is 18.7. The average Bonchev–Trinajstić information content (AvgIpc) is 3.48. The Morgan fingerprint density at radius 2 is 2.12 bits per heavy atom. The van der Waals surface area contributed by atoms with Gasteiger partial charge in [-0.25, -0.2) is 14.5 Å². The summed E-state index contributed by atoms with van der Waals surface area (Å²) in [5.74, 6) is -1.35. The van der Waals surface area contributed by atoms with Crippen LogP contribution in [0.25, 0.3) is 21.6 Å². The second-order valence-corrected chi connectivity index (χ2v) is 8.13. The molecule has 0 atom stereocenters. The van der Waals surface area contributed by atoms with Gasteiger partial charge in [0.05, 0.1) is 43.4 Å². The summed E-state index contributed by atoms with van der Waals surface area (Å²) in [6.07, 6.45) is 1.54. The fraction of sp³-hybridized carbons (Fsp3) is 0.143. The van der Waals surface area contributed by atoms with Crippen LogP contribution in [-0.4, -0.2) is 38.2 Å². The molecule has 1 N–H and O–H groups in total. The molecule has 0 aliphatic rings. The number of fused-ring (bicyclic) bond motifs is 1. The molecule has 0 aliphatic carbocycles. The van der Waals surface area contributed by atoms with Crippen molar-refractivity contribution in [2.24, 2.45) is 0 Å². The summed E-state index contributed by atoms with van der Waals surface area (Å²) in [6.45, 7) is 1.90. The second kappa shape index (κ2) is 9.35. The molecular weight excluding hydrogens is 470 g/mol. The number of aryl methyl sites for hydroxylation is 1. The third-order valence-corrected chi connectivity index (χ3v) is 5.88. The summed E-state index contributed by atoms with van der Waals surface area (Å²) in [5, 5.41) is 20.0. The topological polar surface area (TPSA) is 129 Å². The Bertz CT molecular complexity index is 1370. The minimum atomic E-state index is -0.708. The van der Waals surface area contributed by atoms with E-state index >= 15 is 0 Å². The molecule has 3 aromatic heterocycles. The Kier molecular flexibility index (Phi) is 6.33. The van der Waals surface area contributed by atoms with Gasteiger partial charge in [0.2, 0.25) is 0 Å². The maximum atomic E-state index is 12.9. The molecule has 12 heteroatoms. The first-order valence-electron chi connectivity index (χ1n) is 9.68. The van der Waals surface area contributed by atoms with E-state index in [1.165, 1.54) is 29.7 Å². The number of pyridine rings is 1. The Balaban J connectivity index is 1.52. The van der Waals surface area contributed by atoms with Crippen LogP contribution in [0.3, 0.4) is 0 Å². The van der Waals surface area contributed by atoms with Crippen molar-refractivity contribution in [1.82, 2.24) is 14.8 Å². The smallest absolute Gasteiger partial charge is 0.339 e. The highest BCUT2D eigenvalue weighted by Crippen LogP contribution is 2.29. The van der Waals surface area contributed by atoms with Crippen LogP contribution in [0.5, 0.6) is 0 Å². The van der Waals surface area contributed by atoms with E-state index in [9.17, 15) is 19.7 Å². The third kappa shape index (κ3) is 4.69. The summed E-state index contributed by atoms with van der Waals surface area (Å²) in [4.78, 5) is 40.9. The van der Waals surface area contributed by atoms with Gasteiger partial charge in [0.15, 0.2) is 12.3 Å². The first-order chi connectivity index (χ1) is 15.9. The van der Waals surface area contributed by atoms with Gasteiger partial charge in [-0.15, -0.1) is 11.3 Å². The molecule has 3 heterocycles. The van der Waals surface area contributed by atoms with Gasteiger partial charge in [0, 0.05) is 18.7 Å². The van der Waals surface area contributed by atoms with Crippen LogP contribution in [-0.2, 0) is 16.1 Å². The molecule has 0 unspecified atom stereocenters. The maximum absolute atomic E-state index is 12.9. The van der Waals surface area contributed by atoms with E-state index in [-0.39, 0.29) is 22.0 Å². The number of benzene rings is 1. The Labute approximate surface area is 195 Å². The van der Waals surface area contributed by atoms with E-state index in [2.05, 4.69) is 15.4 Å². The Morgan fingerprint density at radius 1 is 1.30 bits per heavy atom. The number of thiophene rings is 1. The molecule has 4 rings (SSSR count). The number of esters is 1. The van der Waals surface area contributed by atoms with Crippen LogP contribution in [0.15, 0.2) is 48.0 Å². The van der Waals surface area contributed by atoms with Gasteiger partial charge in [-0.05, 0) is 30.5 Å². The van der Waals surface area contributed by atoms with Gasteiger partial charge in [-0.2, -0.15) is 5.10 Å². The van der Waals surface area contributed by atoms with E-state index in [1.54, 1.807) is 10.7 Å². The van der Waals surface area contributed by atoms with Crippen molar-refractivity contribution < 1.29 is 19.2 Å². The minimum Gasteiger partial charge on any atom is -0.452 e. The quantitative estimate of drug-likeness (QED) is 0.231. The molecule has 10 nitrogen and oxygen atoms in total. The van der Waals surface area contributed by atoms with Gasteiger partial charge in [-0.3, -0.25) is 14.9 Å². The molecule has 0 saturated heterocycles. The van der Waals surface area contributed by atoms with Gasteiger partial charge in [-0.1, -0.05) is 17.7 Å². The molecule has 0 fully saturated rings. The van der Waals surface area contributed by atoms with Crippen molar-refractivity contribution in [3.05, 3.63) is 68.7 Å². The zero-order valence-electron chi connectivity index (χ0n) is 17.1. The molecule has 1 amide bonds. The van der Waals surface area contributed by atoms with Gasteiger partial charge >= 0.3 is 5.97 Å². The lowest BCUT2D eigenvalue weighted by Gasteiger charge is -2.09. The van der Waals surface area contributed by atoms with E-state index in [0.717, 1.165) is 10.9 Å². The summed E-state index contributed by atoms with van der Waals surface area (Å²) in [5.41, 5.74) is 1.34. The number of nitro groups is 1. The van der Waals surface area contributed by atoms with Crippen molar-refractivity contribution in [1.29, 1.82) is 0 Å². The molecule has 33 heavy (non-hydrogen) atoms. The van der Waals surface area contributed by atoms with Crippen molar-refractivity contribution in [3.8, 4) is 10.6 Å². The number of non-ortho nitro benzene ring substituents is 1. The number of nitrogens with zero attached hydrogens (tertiary/aromatic N) is 4. The number of hydrogen-bond acceptors (Lipinski definition) is 8. The zero-order chi connectivity index (χ0) is 23.5. The van der Waals surface area contributed by atoms with Crippen LogP contribution in [0.1, 0.15) is 17.3 Å². The number of aromatic nitrogens is 3. The normalized spacial score (nSPS) is 10.8. The number of carbonyl (C=O) groups is 2. The SMILES string of the molecule is CCn1ncc2c(C(=O)OCC(=O)Nc3ccc([N+](=O)[O-])cc3Cl)cc(-c3cccs3)nc21. The van der Waals surface area contributed by atoms with E-state index < -0.39 is 23.4 Å². The molecule has 4 aromatic rings. The Hall–Kier alpha value is -3.83. The van der Waals surface area contributed by atoms with Gasteiger partial charge in [0.25, 0.3) is 11.6 Å². The number of ether oxygens (including phenoxy) is 1. The number of rotatable bonds is 7. The molecule has 0 bridgehead atoms. The number of carbonyl (C=O) groups excluding carboxylic acids is 2. The first kappa shape index (κ1) is 22.4. The summed E-state index contributed by atoms with van der Waals surface area (Å²) in [6, 6.07) is 9.02. The molecule has 0 aliphatic heterocycles. The van der Waals surface area contributed by atoms with Crippen LogP contribution in [0.4, 0.5) is 11.4 Å². The van der Waals surface area contributed by atoms with Crippen LogP contribution < -0.4 is 5.32 Å². The van der Waals surface area contributed by atoms with E-state index in [4.69, 9.17) is 16.3 Å². The molecule has 0 spiro atoms. The monoisotopic (exact) mass is 485 g/mol. The lowest BCUT2D eigenvalue weighted by atomic mass is 10.1. The van der Waals surface area contributed by atoms with E-state index in [0.29, 0.717) is 23.3 Å². The highest BCUT2D eigenvalue weighted by atomic mass is 35.5.